The fourth-order valence-corrected chi connectivity index (χ4v) is 3.02. The molecule has 0 atom stereocenters. The highest BCUT2D eigenvalue weighted by Gasteiger charge is 2.17. The largest absolute Gasteiger partial charge is 0.399 e. The molecule has 0 aliphatic heterocycles. The summed E-state index contributed by atoms with van der Waals surface area (Å²) in [6.45, 7) is 3.40. The first-order valence-electron chi connectivity index (χ1n) is 7.61. The summed E-state index contributed by atoms with van der Waals surface area (Å²) in [7, 11) is 0. The number of fused-ring (bicyclic) bond motifs is 1. The van der Waals surface area contributed by atoms with Gasteiger partial charge >= 0.3 is 0 Å². The van der Waals surface area contributed by atoms with Gasteiger partial charge in [0.05, 0.1) is 5.52 Å². The summed E-state index contributed by atoms with van der Waals surface area (Å²) in [5.74, 6) is 2.69. The summed E-state index contributed by atoms with van der Waals surface area (Å²) in [4.78, 5) is 4.65. The molecule has 3 nitrogen and oxygen atoms in total. The van der Waals surface area contributed by atoms with Gasteiger partial charge in [0.25, 0.3) is 0 Å². The topological polar surface area (TPSA) is 50.9 Å². The van der Waals surface area contributed by atoms with Gasteiger partial charge < -0.3 is 11.1 Å². The fourth-order valence-electron chi connectivity index (χ4n) is 3.02. The minimum absolute atomic E-state index is 0.788. The Morgan fingerprint density at radius 1 is 1.15 bits per heavy atom. The van der Waals surface area contributed by atoms with Gasteiger partial charge in [0, 0.05) is 17.6 Å². The zero-order chi connectivity index (χ0) is 13.9. The SMILES string of the molecule is CC1CCC(CNc2ccc3cc(N)ccc3n2)CC1. The van der Waals surface area contributed by atoms with Crippen LogP contribution >= 0.6 is 0 Å². The van der Waals surface area contributed by atoms with E-state index in [2.05, 4.69) is 23.3 Å². The molecule has 0 spiro atoms. The molecule has 1 aliphatic rings. The standard InChI is InChI=1S/C17H23N3/c1-12-2-4-13(5-3-12)11-19-17-9-6-14-10-15(18)7-8-16(14)20-17/h6-10,12-13H,2-5,11,18H2,1H3,(H,19,20). The number of nitrogens with zero attached hydrogens (tertiary/aromatic N) is 1. The smallest absolute Gasteiger partial charge is 0.126 e. The second kappa shape index (κ2) is 5.70. The van der Waals surface area contributed by atoms with Crippen molar-refractivity contribution in [3.05, 3.63) is 30.3 Å². The van der Waals surface area contributed by atoms with E-state index < -0.39 is 0 Å². The average Bonchev–Trinajstić information content (AvgIpc) is 2.46. The van der Waals surface area contributed by atoms with Crippen LogP contribution in [0.25, 0.3) is 10.9 Å². The molecule has 1 heterocycles. The van der Waals surface area contributed by atoms with Crippen molar-refractivity contribution in [3.63, 3.8) is 0 Å². The number of hydrogen-bond acceptors (Lipinski definition) is 3. The molecule has 1 aromatic carbocycles. The van der Waals surface area contributed by atoms with Crippen molar-refractivity contribution in [1.29, 1.82) is 0 Å². The maximum absolute atomic E-state index is 5.79. The van der Waals surface area contributed by atoms with E-state index in [0.717, 1.165) is 40.8 Å². The lowest BCUT2D eigenvalue weighted by Gasteiger charge is -2.26. The molecule has 0 radical (unpaired) electrons. The first-order chi connectivity index (χ1) is 9.70. The molecule has 0 bridgehead atoms. The van der Waals surface area contributed by atoms with Crippen LogP contribution in [0, 0.1) is 11.8 Å². The normalized spacial score (nSPS) is 22.9. The van der Waals surface area contributed by atoms with Gasteiger partial charge in [-0.3, -0.25) is 0 Å². The van der Waals surface area contributed by atoms with Crippen LogP contribution in [0.5, 0.6) is 0 Å². The van der Waals surface area contributed by atoms with Gasteiger partial charge in [-0.1, -0.05) is 19.8 Å². The van der Waals surface area contributed by atoms with Gasteiger partial charge in [-0.05, 0) is 55.0 Å². The first kappa shape index (κ1) is 13.2. The van der Waals surface area contributed by atoms with Crippen molar-refractivity contribution in [1.82, 2.24) is 4.98 Å². The van der Waals surface area contributed by atoms with Crippen LogP contribution in [-0.2, 0) is 0 Å². The Hall–Kier alpha value is -1.77. The van der Waals surface area contributed by atoms with Crippen molar-refractivity contribution in [2.24, 2.45) is 11.8 Å². The molecule has 3 heteroatoms. The fraction of sp³-hybridized carbons (Fsp3) is 0.471. The van der Waals surface area contributed by atoms with Crippen LogP contribution in [0.4, 0.5) is 11.5 Å². The van der Waals surface area contributed by atoms with Crippen LogP contribution in [0.3, 0.4) is 0 Å². The van der Waals surface area contributed by atoms with Crippen molar-refractivity contribution >= 4 is 22.4 Å². The molecule has 1 aromatic heterocycles. The number of aromatic nitrogens is 1. The molecule has 0 unspecified atom stereocenters. The molecule has 1 fully saturated rings. The molecule has 0 amide bonds. The number of hydrogen-bond donors (Lipinski definition) is 2. The molecule has 20 heavy (non-hydrogen) atoms. The number of rotatable bonds is 3. The molecule has 3 N–H and O–H groups in total. The highest BCUT2D eigenvalue weighted by atomic mass is 15.0. The predicted molar refractivity (Wildman–Crippen MR) is 85.8 cm³/mol. The van der Waals surface area contributed by atoms with Crippen molar-refractivity contribution in [2.75, 3.05) is 17.6 Å². The summed E-state index contributed by atoms with van der Waals surface area (Å²) < 4.78 is 0. The van der Waals surface area contributed by atoms with Crippen molar-refractivity contribution in [3.8, 4) is 0 Å². The van der Waals surface area contributed by atoms with Crippen molar-refractivity contribution < 1.29 is 0 Å². The van der Waals surface area contributed by atoms with Crippen LogP contribution in [0.1, 0.15) is 32.6 Å². The number of benzene rings is 1. The summed E-state index contributed by atoms with van der Waals surface area (Å²) in [6, 6.07) is 9.99. The van der Waals surface area contributed by atoms with Crippen LogP contribution in [-0.4, -0.2) is 11.5 Å². The Balaban J connectivity index is 1.64. The lowest BCUT2D eigenvalue weighted by Crippen LogP contribution is -2.20. The quantitative estimate of drug-likeness (QED) is 0.826. The van der Waals surface area contributed by atoms with E-state index in [1.165, 1.54) is 25.7 Å². The Bertz CT molecular complexity index is 586. The average molecular weight is 269 g/mol. The molecule has 0 saturated heterocycles. The van der Waals surface area contributed by atoms with E-state index in [0.29, 0.717) is 0 Å². The van der Waals surface area contributed by atoms with E-state index >= 15 is 0 Å². The van der Waals surface area contributed by atoms with Crippen LogP contribution in [0.2, 0.25) is 0 Å². The van der Waals surface area contributed by atoms with Gasteiger partial charge in [-0.2, -0.15) is 0 Å². The number of anilines is 2. The Kier molecular flexibility index (Phi) is 3.77. The number of nitrogen functional groups attached to an aromatic ring is 1. The molecule has 2 aromatic rings. The number of pyridine rings is 1. The summed E-state index contributed by atoms with van der Waals surface area (Å²) in [5.41, 5.74) is 7.58. The zero-order valence-electron chi connectivity index (χ0n) is 12.1. The summed E-state index contributed by atoms with van der Waals surface area (Å²) in [5, 5.41) is 4.59. The Morgan fingerprint density at radius 3 is 2.75 bits per heavy atom. The monoisotopic (exact) mass is 269 g/mol. The maximum Gasteiger partial charge on any atom is 0.126 e. The van der Waals surface area contributed by atoms with E-state index in [-0.39, 0.29) is 0 Å². The molecule has 1 saturated carbocycles. The molecular formula is C17H23N3. The number of nitrogens with two attached hydrogens (primary N) is 1. The third kappa shape index (κ3) is 3.03. The lowest BCUT2D eigenvalue weighted by atomic mass is 9.83. The van der Waals surface area contributed by atoms with E-state index in [9.17, 15) is 0 Å². The Morgan fingerprint density at radius 2 is 1.95 bits per heavy atom. The third-order valence-corrected chi connectivity index (χ3v) is 4.42. The molecule has 3 rings (SSSR count). The second-order valence-electron chi connectivity index (χ2n) is 6.16. The highest BCUT2D eigenvalue weighted by Crippen LogP contribution is 2.28. The van der Waals surface area contributed by atoms with Gasteiger partial charge in [0.1, 0.15) is 5.82 Å². The summed E-state index contributed by atoms with van der Waals surface area (Å²) in [6.07, 6.45) is 5.43. The van der Waals surface area contributed by atoms with Crippen molar-refractivity contribution in [2.45, 2.75) is 32.6 Å². The molecule has 106 valence electrons. The third-order valence-electron chi connectivity index (χ3n) is 4.42. The number of nitrogens with one attached hydrogen (secondary N) is 1. The first-order valence-corrected chi connectivity index (χ1v) is 7.61. The molecule has 1 aliphatic carbocycles. The van der Waals surface area contributed by atoms with Crippen LogP contribution < -0.4 is 11.1 Å². The maximum atomic E-state index is 5.79. The minimum Gasteiger partial charge on any atom is -0.399 e. The van der Waals surface area contributed by atoms with Gasteiger partial charge in [-0.25, -0.2) is 4.98 Å². The Labute approximate surface area is 120 Å². The molecular weight excluding hydrogens is 246 g/mol. The predicted octanol–water partition coefficient (Wildman–Crippen LogP) is 4.06. The lowest BCUT2D eigenvalue weighted by molar-refractivity contribution is 0.300. The van der Waals surface area contributed by atoms with Gasteiger partial charge in [0.15, 0.2) is 0 Å². The van der Waals surface area contributed by atoms with E-state index in [1.807, 2.05) is 24.3 Å². The van der Waals surface area contributed by atoms with E-state index in [4.69, 9.17) is 5.73 Å². The van der Waals surface area contributed by atoms with Gasteiger partial charge in [0.2, 0.25) is 0 Å². The van der Waals surface area contributed by atoms with Crippen LogP contribution in [0.15, 0.2) is 30.3 Å². The zero-order valence-corrected chi connectivity index (χ0v) is 12.1. The summed E-state index contributed by atoms with van der Waals surface area (Å²) >= 11 is 0. The highest BCUT2D eigenvalue weighted by molar-refractivity contribution is 5.83. The van der Waals surface area contributed by atoms with E-state index in [1.54, 1.807) is 0 Å². The van der Waals surface area contributed by atoms with Gasteiger partial charge in [-0.15, -0.1) is 0 Å². The minimum atomic E-state index is 0.788. The second-order valence-corrected chi connectivity index (χ2v) is 6.16.